The van der Waals surface area contributed by atoms with E-state index in [1.165, 1.54) is 16.7 Å². The van der Waals surface area contributed by atoms with Crippen molar-refractivity contribution in [2.45, 2.75) is 19.4 Å². The van der Waals surface area contributed by atoms with E-state index >= 15 is 0 Å². The van der Waals surface area contributed by atoms with E-state index in [2.05, 4.69) is 53.4 Å². The first-order chi connectivity index (χ1) is 10.8. The van der Waals surface area contributed by atoms with Gasteiger partial charge in [-0.25, -0.2) is 0 Å². The van der Waals surface area contributed by atoms with Crippen LogP contribution in [0.15, 0.2) is 48.5 Å². The van der Waals surface area contributed by atoms with Crippen LogP contribution in [0, 0.1) is 0 Å². The van der Waals surface area contributed by atoms with Crippen molar-refractivity contribution >= 4 is 12.4 Å². The smallest absolute Gasteiger partial charge is 0.122 e. The lowest BCUT2D eigenvalue weighted by Crippen LogP contribution is -2.31. The van der Waals surface area contributed by atoms with Gasteiger partial charge in [0, 0.05) is 32.6 Å². The lowest BCUT2D eigenvalue weighted by atomic mass is 10.1. The van der Waals surface area contributed by atoms with Gasteiger partial charge in [-0.05, 0) is 29.2 Å². The third-order valence-corrected chi connectivity index (χ3v) is 4.16. The van der Waals surface area contributed by atoms with Crippen molar-refractivity contribution in [3.05, 3.63) is 65.2 Å². The van der Waals surface area contributed by atoms with E-state index in [0.29, 0.717) is 6.54 Å². The van der Waals surface area contributed by atoms with Crippen LogP contribution in [-0.4, -0.2) is 31.1 Å². The fourth-order valence-electron chi connectivity index (χ4n) is 2.98. The Morgan fingerprint density at radius 1 is 1.00 bits per heavy atom. The van der Waals surface area contributed by atoms with E-state index in [1.807, 2.05) is 0 Å². The van der Waals surface area contributed by atoms with Crippen LogP contribution >= 0.6 is 12.4 Å². The van der Waals surface area contributed by atoms with Crippen LogP contribution in [-0.2, 0) is 19.4 Å². The molecule has 0 atom stereocenters. The van der Waals surface area contributed by atoms with E-state index in [9.17, 15) is 0 Å². The molecular formula is C19H25ClN2O. The maximum Gasteiger partial charge on any atom is 0.122 e. The van der Waals surface area contributed by atoms with E-state index in [4.69, 9.17) is 10.5 Å². The molecule has 124 valence electrons. The second kappa shape index (κ2) is 8.92. The molecule has 2 N–H and O–H groups in total. The summed E-state index contributed by atoms with van der Waals surface area (Å²) in [7, 11) is 0. The van der Waals surface area contributed by atoms with Crippen molar-refractivity contribution in [1.82, 2.24) is 4.90 Å². The van der Waals surface area contributed by atoms with Gasteiger partial charge in [0.15, 0.2) is 0 Å². The lowest BCUT2D eigenvalue weighted by molar-refractivity contribution is 0.276. The highest BCUT2D eigenvalue weighted by molar-refractivity contribution is 5.85. The molecule has 0 bridgehead atoms. The number of rotatable bonds is 7. The first-order valence-corrected chi connectivity index (χ1v) is 8.06. The second-order valence-electron chi connectivity index (χ2n) is 5.84. The topological polar surface area (TPSA) is 38.5 Å². The maximum atomic E-state index is 5.77. The Hall–Kier alpha value is -1.55. The second-order valence-corrected chi connectivity index (χ2v) is 5.84. The van der Waals surface area contributed by atoms with Crippen molar-refractivity contribution in [3.8, 4) is 5.75 Å². The van der Waals surface area contributed by atoms with Gasteiger partial charge in [0.05, 0.1) is 6.61 Å². The van der Waals surface area contributed by atoms with Crippen molar-refractivity contribution in [3.63, 3.8) is 0 Å². The number of nitrogens with two attached hydrogens (primary N) is 1. The lowest BCUT2D eigenvalue weighted by Gasteiger charge is -2.21. The molecule has 0 amide bonds. The molecule has 0 spiro atoms. The van der Waals surface area contributed by atoms with Crippen LogP contribution < -0.4 is 10.5 Å². The van der Waals surface area contributed by atoms with Crippen molar-refractivity contribution in [1.29, 1.82) is 0 Å². The molecule has 0 aromatic heterocycles. The Labute approximate surface area is 144 Å². The van der Waals surface area contributed by atoms with Gasteiger partial charge in [-0.15, -0.1) is 12.4 Å². The van der Waals surface area contributed by atoms with Crippen molar-refractivity contribution < 1.29 is 4.74 Å². The van der Waals surface area contributed by atoms with E-state index in [1.54, 1.807) is 0 Å². The molecule has 0 radical (unpaired) electrons. The minimum absolute atomic E-state index is 0. The minimum Gasteiger partial charge on any atom is -0.493 e. The third-order valence-electron chi connectivity index (χ3n) is 4.16. The van der Waals surface area contributed by atoms with Gasteiger partial charge in [-0.2, -0.15) is 0 Å². The van der Waals surface area contributed by atoms with Gasteiger partial charge in [0.2, 0.25) is 0 Å². The Kier molecular flexibility index (Phi) is 6.90. The summed E-state index contributed by atoms with van der Waals surface area (Å²) in [6.07, 6.45) is 2.10. The molecule has 1 aliphatic heterocycles. The predicted octanol–water partition coefficient (Wildman–Crippen LogP) is 3.05. The predicted molar refractivity (Wildman–Crippen MR) is 97.4 cm³/mol. The SMILES string of the molecule is Cl.NCCN(CCc1ccc2c(c1)CCO2)Cc1ccccc1. The number of halogens is 1. The first kappa shape index (κ1) is 17.8. The highest BCUT2D eigenvalue weighted by Crippen LogP contribution is 2.26. The molecule has 0 aliphatic carbocycles. The molecule has 0 fully saturated rings. The van der Waals surface area contributed by atoms with Crippen LogP contribution in [0.5, 0.6) is 5.75 Å². The summed E-state index contributed by atoms with van der Waals surface area (Å²) in [6, 6.07) is 17.2. The molecule has 0 saturated carbocycles. The van der Waals surface area contributed by atoms with Crippen LogP contribution in [0.25, 0.3) is 0 Å². The first-order valence-electron chi connectivity index (χ1n) is 8.06. The quantitative estimate of drug-likeness (QED) is 0.847. The van der Waals surface area contributed by atoms with Crippen molar-refractivity contribution in [2.24, 2.45) is 5.73 Å². The van der Waals surface area contributed by atoms with E-state index in [-0.39, 0.29) is 12.4 Å². The Bertz CT molecular complexity index is 604. The minimum atomic E-state index is 0. The summed E-state index contributed by atoms with van der Waals surface area (Å²) in [5.74, 6) is 1.06. The van der Waals surface area contributed by atoms with Gasteiger partial charge >= 0.3 is 0 Å². The summed E-state index contributed by atoms with van der Waals surface area (Å²) in [5.41, 5.74) is 9.85. The van der Waals surface area contributed by atoms with Crippen LogP contribution in [0.1, 0.15) is 16.7 Å². The van der Waals surface area contributed by atoms with Gasteiger partial charge in [0.1, 0.15) is 5.75 Å². The summed E-state index contributed by atoms with van der Waals surface area (Å²) >= 11 is 0. The molecule has 23 heavy (non-hydrogen) atoms. The average molecular weight is 333 g/mol. The average Bonchev–Trinajstić information content (AvgIpc) is 3.01. The van der Waals surface area contributed by atoms with Crippen LogP contribution in [0.3, 0.4) is 0 Å². The van der Waals surface area contributed by atoms with E-state index in [0.717, 1.165) is 44.8 Å². The molecule has 1 aliphatic rings. The van der Waals surface area contributed by atoms with Gasteiger partial charge in [-0.3, -0.25) is 4.90 Å². The molecule has 3 nitrogen and oxygen atoms in total. The number of benzene rings is 2. The molecule has 2 aromatic carbocycles. The molecule has 2 aromatic rings. The molecule has 0 saturated heterocycles. The van der Waals surface area contributed by atoms with Gasteiger partial charge in [0.25, 0.3) is 0 Å². The van der Waals surface area contributed by atoms with Gasteiger partial charge < -0.3 is 10.5 Å². The summed E-state index contributed by atoms with van der Waals surface area (Å²) in [4.78, 5) is 2.43. The molecule has 0 unspecified atom stereocenters. The molecule has 4 heteroatoms. The largest absolute Gasteiger partial charge is 0.493 e. The monoisotopic (exact) mass is 332 g/mol. The highest BCUT2D eigenvalue weighted by atomic mass is 35.5. The number of hydrogen-bond donors (Lipinski definition) is 1. The van der Waals surface area contributed by atoms with Crippen LogP contribution in [0.2, 0.25) is 0 Å². The molecule has 1 heterocycles. The Balaban J connectivity index is 0.00000192. The maximum absolute atomic E-state index is 5.77. The zero-order chi connectivity index (χ0) is 15.2. The summed E-state index contributed by atoms with van der Waals surface area (Å²) in [6.45, 7) is 4.46. The Morgan fingerprint density at radius 2 is 1.83 bits per heavy atom. The normalized spacial score (nSPS) is 12.6. The number of ether oxygens (including phenoxy) is 1. The van der Waals surface area contributed by atoms with Crippen LogP contribution in [0.4, 0.5) is 0 Å². The zero-order valence-electron chi connectivity index (χ0n) is 13.4. The fourth-order valence-corrected chi connectivity index (χ4v) is 2.98. The summed E-state index contributed by atoms with van der Waals surface area (Å²) < 4.78 is 5.57. The van der Waals surface area contributed by atoms with Crippen molar-refractivity contribution in [2.75, 3.05) is 26.2 Å². The summed E-state index contributed by atoms with van der Waals surface area (Å²) in [5, 5.41) is 0. The Morgan fingerprint density at radius 3 is 2.61 bits per heavy atom. The van der Waals surface area contributed by atoms with E-state index < -0.39 is 0 Å². The number of nitrogens with zero attached hydrogens (tertiary/aromatic N) is 1. The molecule has 3 rings (SSSR count). The number of hydrogen-bond acceptors (Lipinski definition) is 3. The fraction of sp³-hybridized carbons (Fsp3) is 0.368. The third kappa shape index (κ3) is 4.96. The zero-order valence-corrected chi connectivity index (χ0v) is 14.2. The highest BCUT2D eigenvalue weighted by Gasteiger charge is 2.12. The molecular weight excluding hydrogens is 308 g/mol. The van der Waals surface area contributed by atoms with Gasteiger partial charge in [-0.1, -0.05) is 42.5 Å². The number of fused-ring (bicyclic) bond motifs is 1. The standard InChI is InChI=1S/C19H24N2O.ClH/c20-10-12-21(15-17-4-2-1-3-5-17)11-8-16-6-7-19-18(14-16)9-13-22-19;/h1-7,14H,8-13,15,20H2;1H.